The Labute approximate surface area is 237 Å². The second-order valence-electron chi connectivity index (χ2n) is 12.2. The highest BCUT2D eigenvalue weighted by Gasteiger charge is 2.31. The van der Waals surface area contributed by atoms with Crippen LogP contribution in [0.3, 0.4) is 0 Å². The number of nitrogens with zero attached hydrogens (tertiary/aromatic N) is 2. The molecule has 6 N–H and O–H groups in total. The highest BCUT2D eigenvalue weighted by molar-refractivity contribution is 5.85. The van der Waals surface area contributed by atoms with Gasteiger partial charge in [0, 0.05) is 64.5 Å². The van der Waals surface area contributed by atoms with Gasteiger partial charge >= 0.3 is 12.2 Å². The molecule has 3 fully saturated rings. The number of alkyl carbamates (subject to hydrolysis) is 2. The first kappa shape index (κ1) is 38.8. The topological polar surface area (TPSA) is 141 Å². The minimum absolute atomic E-state index is 0. The van der Waals surface area contributed by atoms with Crippen LogP contribution >= 0.6 is 12.4 Å². The van der Waals surface area contributed by atoms with Gasteiger partial charge in [-0.05, 0) is 69.2 Å². The lowest BCUT2D eigenvalue weighted by atomic mass is 10.1. The van der Waals surface area contributed by atoms with E-state index >= 15 is 0 Å². The number of carbonyl (C=O) groups excluding carboxylic acids is 2. The summed E-state index contributed by atoms with van der Waals surface area (Å²) in [5, 5.41) is 15.7. The van der Waals surface area contributed by atoms with Crippen LogP contribution in [0.1, 0.15) is 69.2 Å². The maximum atomic E-state index is 11.4. The van der Waals surface area contributed by atoms with Crippen molar-refractivity contribution in [1.29, 1.82) is 0 Å². The van der Waals surface area contributed by atoms with Crippen LogP contribution in [0, 0.1) is 0 Å². The summed E-state index contributed by atoms with van der Waals surface area (Å²) >= 11 is 0. The molecule has 228 valence electrons. The Kier molecular flexibility index (Phi) is 18.4. The molecule has 38 heavy (non-hydrogen) atoms. The van der Waals surface area contributed by atoms with Crippen molar-refractivity contribution in [3.63, 3.8) is 0 Å². The largest absolute Gasteiger partial charge is 0.444 e. The van der Waals surface area contributed by atoms with Crippen LogP contribution in [0.15, 0.2) is 0 Å². The first-order valence-corrected chi connectivity index (χ1v) is 13.3. The molecule has 3 saturated heterocycles. The van der Waals surface area contributed by atoms with Gasteiger partial charge in [0.2, 0.25) is 0 Å². The molecular formula is C26H57ClN6O5. The maximum absolute atomic E-state index is 11.4. The van der Waals surface area contributed by atoms with Crippen molar-refractivity contribution >= 4 is 24.6 Å². The standard InChI is InChI=1S/C11H22N2O2.C8H16N2O2.C6H14N2.CH4O.ClH/c1-8(2)13-6-9(7-13)12-10(14)15-11(3,4)5;1-8(2,3)12-7(11)10-6-4-9-5-6;1-5(2)8-3-6(7)4-8;1-2;/h8-9H,6-7H2,1-5H3,(H,12,14);6,9H,4-5H2,1-3H3,(H,10,11);5-6H,3-4,7H2,1-2H3;2H,1H3;1H. The number of carbonyl (C=O) groups is 2. The van der Waals surface area contributed by atoms with Crippen molar-refractivity contribution < 1.29 is 24.2 Å². The van der Waals surface area contributed by atoms with E-state index in [0.717, 1.165) is 46.4 Å². The Bertz CT molecular complexity index is 653. The highest BCUT2D eigenvalue weighted by Crippen LogP contribution is 2.13. The van der Waals surface area contributed by atoms with Crippen LogP contribution in [0.2, 0.25) is 0 Å². The van der Waals surface area contributed by atoms with Crippen LogP contribution in [0.5, 0.6) is 0 Å². The van der Waals surface area contributed by atoms with E-state index in [0.29, 0.717) is 18.1 Å². The van der Waals surface area contributed by atoms with Crippen molar-refractivity contribution in [2.24, 2.45) is 5.73 Å². The van der Waals surface area contributed by atoms with Gasteiger partial charge in [-0.2, -0.15) is 0 Å². The van der Waals surface area contributed by atoms with Crippen molar-refractivity contribution in [3.8, 4) is 0 Å². The molecule has 3 heterocycles. The predicted octanol–water partition coefficient (Wildman–Crippen LogP) is 2.15. The minimum Gasteiger partial charge on any atom is -0.444 e. The van der Waals surface area contributed by atoms with E-state index in [-0.39, 0.29) is 36.7 Å². The SMILES string of the molecule is CC(C)(C)OC(=O)NC1CNC1.CC(C)N1CC(N)C1.CC(C)N1CC(NC(=O)OC(C)(C)C)C1.CO.Cl. The summed E-state index contributed by atoms with van der Waals surface area (Å²) in [4.78, 5) is 27.2. The molecule has 0 aliphatic carbocycles. The Morgan fingerprint density at radius 3 is 1.37 bits per heavy atom. The number of aliphatic hydroxyl groups is 1. The van der Waals surface area contributed by atoms with Gasteiger partial charge in [-0.25, -0.2) is 9.59 Å². The minimum atomic E-state index is -0.411. The summed E-state index contributed by atoms with van der Waals surface area (Å²) in [7, 11) is 1.00. The van der Waals surface area contributed by atoms with Gasteiger partial charge < -0.3 is 36.3 Å². The number of amides is 2. The fourth-order valence-corrected chi connectivity index (χ4v) is 3.34. The lowest BCUT2D eigenvalue weighted by Gasteiger charge is -2.42. The third-order valence-corrected chi connectivity index (χ3v) is 5.53. The van der Waals surface area contributed by atoms with Crippen molar-refractivity contribution in [1.82, 2.24) is 25.8 Å². The third kappa shape index (κ3) is 18.0. The molecule has 0 aromatic heterocycles. The quantitative estimate of drug-likeness (QED) is 0.345. The molecule has 0 aromatic rings. The summed E-state index contributed by atoms with van der Waals surface area (Å²) in [6.07, 6.45) is -0.634. The number of nitrogens with one attached hydrogen (secondary N) is 3. The second-order valence-corrected chi connectivity index (χ2v) is 12.2. The predicted molar refractivity (Wildman–Crippen MR) is 156 cm³/mol. The molecule has 3 aliphatic heterocycles. The molecule has 0 unspecified atom stereocenters. The summed E-state index contributed by atoms with van der Waals surface area (Å²) in [5.41, 5.74) is 4.75. The summed E-state index contributed by atoms with van der Waals surface area (Å²) in [6, 6.07) is 2.20. The third-order valence-electron chi connectivity index (χ3n) is 5.53. The first-order valence-electron chi connectivity index (χ1n) is 13.3. The van der Waals surface area contributed by atoms with E-state index < -0.39 is 11.2 Å². The molecule has 3 aliphatic rings. The Balaban J connectivity index is 0. The number of ether oxygens (including phenoxy) is 2. The zero-order chi connectivity index (χ0) is 29.0. The average molecular weight is 569 g/mol. The van der Waals surface area contributed by atoms with E-state index in [2.05, 4.69) is 53.4 Å². The number of aliphatic hydroxyl groups excluding tert-OH is 1. The van der Waals surface area contributed by atoms with Gasteiger partial charge in [0.15, 0.2) is 0 Å². The number of nitrogens with two attached hydrogens (primary N) is 1. The number of rotatable bonds is 4. The summed E-state index contributed by atoms with van der Waals surface area (Å²) < 4.78 is 10.2. The molecule has 3 rings (SSSR count). The van der Waals surface area contributed by atoms with Crippen LogP contribution in [0.4, 0.5) is 9.59 Å². The van der Waals surface area contributed by atoms with E-state index in [1.54, 1.807) is 0 Å². The Morgan fingerprint density at radius 2 is 1.13 bits per heavy atom. The molecule has 0 bridgehead atoms. The smallest absolute Gasteiger partial charge is 0.407 e. The van der Waals surface area contributed by atoms with Crippen molar-refractivity contribution in [2.75, 3.05) is 46.4 Å². The molecule has 2 amide bonds. The molecule has 12 heteroatoms. The van der Waals surface area contributed by atoms with Crippen molar-refractivity contribution in [3.05, 3.63) is 0 Å². The van der Waals surface area contributed by atoms with Crippen LogP contribution < -0.4 is 21.7 Å². The molecule has 0 radical (unpaired) electrons. The van der Waals surface area contributed by atoms with E-state index in [1.807, 2.05) is 41.5 Å². The molecule has 0 atom stereocenters. The molecule has 0 saturated carbocycles. The van der Waals surface area contributed by atoms with Crippen LogP contribution in [-0.2, 0) is 9.47 Å². The van der Waals surface area contributed by atoms with E-state index in [9.17, 15) is 9.59 Å². The van der Waals surface area contributed by atoms with E-state index in [4.69, 9.17) is 20.3 Å². The fourth-order valence-electron chi connectivity index (χ4n) is 3.34. The van der Waals surface area contributed by atoms with Crippen LogP contribution in [-0.4, -0.2) is 115 Å². The first-order chi connectivity index (χ1) is 16.9. The lowest BCUT2D eigenvalue weighted by molar-refractivity contribution is 0.0353. The van der Waals surface area contributed by atoms with Gasteiger partial charge in [-0.3, -0.25) is 9.80 Å². The number of hydrogen-bond donors (Lipinski definition) is 5. The Morgan fingerprint density at radius 1 is 0.789 bits per heavy atom. The molecule has 0 aromatic carbocycles. The van der Waals surface area contributed by atoms with E-state index in [1.165, 1.54) is 0 Å². The number of likely N-dealkylation sites (tertiary alicyclic amines) is 2. The average Bonchev–Trinajstić information content (AvgIpc) is 2.64. The molecule has 0 spiro atoms. The van der Waals surface area contributed by atoms with Gasteiger partial charge in [-0.15, -0.1) is 12.4 Å². The summed E-state index contributed by atoms with van der Waals surface area (Å²) in [6.45, 7) is 25.6. The highest BCUT2D eigenvalue weighted by atomic mass is 35.5. The van der Waals surface area contributed by atoms with Crippen molar-refractivity contribution in [2.45, 2.75) is 111 Å². The van der Waals surface area contributed by atoms with Gasteiger partial charge in [0.05, 0.1) is 12.1 Å². The monoisotopic (exact) mass is 568 g/mol. The van der Waals surface area contributed by atoms with Gasteiger partial charge in [-0.1, -0.05) is 0 Å². The Hall–Kier alpha value is -1.37. The zero-order valence-corrected chi connectivity index (χ0v) is 26.4. The maximum Gasteiger partial charge on any atom is 0.407 e. The van der Waals surface area contributed by atoms with Gasteiger partial charge in [0.25, 0.3) is 0 Å². The normalized spacial score (nSPS) is 18.4. The number of halogens is 1. The fraction of sp³-hybridized carbons (Fsp3) is 0.923. The zero-order valence-electron chi connectivity index (χ0n) is 25.6. The van der Waals surface area contributed by atoms with Gasteiger partial charge in [0.1, 0.15) is 11.2 Å². The molecule has 11 nitrogen and oxygen atoms in total. The molecular weight excluding hydrogens is 512 g/mol. The second kappa shape index (κ2) is 18.1. The number of hydrogen-bond acceptors (Lipinski definition) is 9. The lowest BCUT2D eigenvalue weighted by Crippen LogP contribution is -2.61. The summed E-state index contributed by atoms with van der Waals surface area (Å²) in [5.74, 6) is 0. The van der Waals surface area contributed by atoms with Crippen LogP contribution in [0.25, 0.3) is 0 Å².